The van der Waals surface area contributed by atoms with Crippen LogP contribution >= 0.6 is 0 Å². The minimum Gasteiger partial charge on any atom is -0.481 e. The molecule has 0 radical (unpaired) electrons. The van der Waals surface area contributed by atoms with Gasteiger partial charge < -0.3 is 4.74 Å². The Morgan fingerprint density at radius 1 is 0.443 bits per heavy atom. The third-order valence-corrected chi connectivity index (χ3v) is 26.7. The largest absolute Gasteiger partial charge is 0.481 e. The Morgan fingerprint density at radius 3 is 1.95 bits per heavy atom. The molecule has 2 heteroatoms. The highest BCUT2D eigenvalue weighted by molar-refractivity contribution is 6.05. The highest BCUT2D eigenvalue weighted by Crippen LogP contribution is 2.90. The zero-order valence-corrected chi connectivity index (χ0v) is 55.4. The predicted octanol–water partition coefficient (Wildman–Crippen LogP) is 21.7. The summed E-state index contributed by atoms with van der Waals surface area (Å²) in [5, 5.41) is 2.51. The van der Waals surface area contributed by atoms with Crippen molar-refractivity contribution in [2.24, 2.45) is 22.7 Å². The van der Waals surface area contributed by atoms with Crippen molar-refractivity contribution in [1.29, 1.82) is 0 Å². The minimum absolute atomic E-state index is 0.0458. The number of carbonyl (C=O) groups is 1. The zero-order valence-electron chi connectivity index (χ0n) is 55.4. The van der Waals surface area contributed by atoms with Crippen LogP contribution in [0.2, 0.25) is 0 Å². The summed E-state index contributed by atoms with van der Waals surface area (Å²) in [7, 11) is 0. The SMILES string of the molecule is O=C1C(C2C=Cc3ccccc32)(C2CC=Cc3ccccc32)OC2=C(C3CCCc4ccccc43)C(c3ccccc3)(c3cccc4c3CCCCC4)C(c3cccc4ccccc34)(C3C=CC=C4C=CC=CC=C43)C(C3CC3)(C3CCc4ccccc43)C12C1Cc2ccccc21. The van der Waals surface area contributed by atoms with E-state index >= 15 is 4.79 Å². The van der Waals surface area contributed by atoms with E-state index in [0.717, 1.165) is 82.8 Å². The molecule has 9 aromatic rings. The molecule has 20 rings (SSSR count). The molecule has 1 aliphatic heterocycles. The van der Waals surface area contributed by atoms with Crippen LogP contribution in [0.4, 0.5) is 0 Å². The van der Waals surface area contributed by atoms with Gasteiger partial charge in [-0.2, -0.15) is 0 Å². The van der Waals surface area contributed by atoms with Crippen molar-refractivity contribution < 1.29 is 9.53 Å². The number of fused-ring (bicyclic) bond motifs is 9. The van der Waals surface area contributed by atoms with Crippen LogP contribution < -0.4 is 0 Å². The van der Waals surface area contributed by atoms with Crippen LogP contribution in [-0.2, 0) is 52.5 Å². The van der Waals surface area contributed by atoms with Gasteiger partial charge in [0.1, 0.15) is 11.2 Å². The fourth-order valence-corrected chi connectivity index (χ4v) is 23.6. The van der Waals surface area contributed by atoms with E-state index in [1.54, 1.807) is 0 Å². The Hall–Kier alpha value is -9.37. The molecule has 97 heavy (non-hydrogen) atoms. The van der Waals surface area contributed by atoms with Gasteiger partial charge in [0.25, 0.3) is 0 Å². The van der Waals surface area contributed by atoms with Gasteiger partial charge in [-0.15, -0.1) is 0 Å². The number of benzene rings is 9. The second-order valence-corrected chi connectivity index (χ2v) is 30.4. The van der Waals surface area contributed by atoms with Gasteiger partial charge in [-0.05, 0) is 206 Å². The first-order valence-corrected chi connectivity index (χ1v) is 36.9. The maximum Gasteiger partial charge on any atom is 0.192 e. The second-order valence-electron chi connectivity index (χ2n) is 30.4. The van der Waals surface area contributed by atoms with Crippen molar-refractivity contribution in [3.8, 4) is 0 Å². The van der Waals surface area contributed by atoms with Gasteiger partial charge in [-0.25, -0.2) is 0 Å². The van der Waals surface area contributed by atoms with Crippen LogP contribution in [0.3, 0.4) is 0 Å². The molecule has 10 aliphatic carbocycles. The number of ether oxygens (including phenoxy) is 1. The van der Waals surface area contributed by atoms with E-state index in [4.69, 9.17) is 0 Å². The maximum absolute atomic E-state index is 20.9. The normalized spacial score (nSPS) is 30.7. The predicted molar refractivity (Wildman–Crippen MR) is 395 cm³/mol. The smallest absolute Gasteiger partial charge is 0.192 e. The molecule has 0 bridgehead atoms. The molecule has 11 unspecified atom stereocenters. The summed E-state index contributed by atoms with van der Waals surface area (Å²) in [6.45, 7) is 0. The molecule has 11 atom stereocenters. The number of rotatable bonds is 10. The van der Waals surface area contributed by atoms with Gasteiger partial charge in [0.05, 0.1) is 11.3 Å². The van der Waals surface area contributed by atoms with E-state index in [1.165, 1.54) is 117 Å². The van der Waals surface area contributed by atoms with Gasteiger partial charge in [0, 0.05) is 34.5 Å². The van der Waals surface area contributed by atoms with Crippen molar-refractivity contribution in [1.82, 2.24) is 0 Å². The number of ketones is 1. The molecule has 0 aromatic heterocycles. The minimum atomic E-state index is -1.45. The van der Waals surface area contributed by atoms with Gasteiger partial charge in [0.2, 0.25) is 0 Å². The summed E-state index contributed by atoms with van der Waals surface area (Å²) in [6.07, 6.45) is 42.7. The summed E-state index contributed by atoms with van der Waals surface area (Å²) in [6, 6.07) is 84.0. The molecule has 0 spiro atoms. The molecule has 0 N–H and O–H groups in total. The Morgan fingerprint density at radius 2 is 1.11 bits per heavy atom. The molecule has 9 aromatic carbocycles. The first-order valence-electron chi connectivity index (χ1n) is 36.9. The van der Waals surface area contributed by atoms with E-state index in [9.17, 15) is 4.74 Å². The topological polar surface area (TPSA) is 26.3 Å². The number of carbonyl (C=O) groups excluding carboxylic acids is 1. The average Bonchev–Trinajstić information content (AvgIpc) is 1.55. The van der Waals surface area contributed by atoms with Crippen LogP contribution in [0, 0.1) is 22.7 Å². The van der Waals surface area contributed by atoms with Gasteiger partial charge in [0.15, 0.2) is 11.4 Å². The number of allylic oxidation sites excluding steroid dienone is 13. The summed E-state index contributed by atoms with van der Waals surface area (Å²) in [5.74, 6) is -0.264. The molecule has 2 nitrogen and oxygen atoms in total. The molecule has 0 amide bonds. The zero-order chi connectivity index (χ0) is 64.1. The van der Waals surface area contributed by atoms with Crippen LogP contribution in [0.1, 0.15) is 171 Å². The van der Waals surface area contributed by atoms with Crippen molar-refractivity contribution in [3.63, 3.8) is 0 Å². The second kappa shape index (κ2) is 22.1. The van der Waals surface area contributed by atoms with E-state index in [1.807, 2.05) is 0 Å². The van der Waals surface area contributed by atoms with Crippen molar-refractivity contribution in [3.05, 3.63) is 379 Å². The van der Waals surface area contributed by atoms with Gasteiger partial charge in [-0.3, -0.25) is 4.79 Å². The standard InChI is InChI=1S/C95H82O2/c96-90-92(87-61-69-34-15-21-49-79(69)87)89(97-93(90,83-59-55-67-32-13-18-46-75(67)83)82-52-24-37-64-30-11-17-45-74(64)82)88(80-50-22-35-62-29-10-16-42-72(62)80)91(70-40-6-3-7-41-70,81-51-23-36-63-27-4-1-8-43-73(63)81)95(85-54-26-39-66-31-12-19-47-77(66)85,84-53-25-38-65-28-5-2-9-44-76(65)84)94(92,71-57-58-71)86-60-56-68-33-14-20-48-78(68)86/h2-3,5-7,9-21,23-26,28-34,36-42,44-49,51,53-55,59,71,80,82-84,86-87H,1,4,8,22,27,35,43,50,52,56-58,60-61H2. The van der Waals surface area contributed by atoms with Crippen molar-refractivity contribution in [2.45, 2.75) is 136 Å². The molecule has 1 heterocycles. The summed E-state index contributed by atoms with van der Waals surface area (Å²) >= 11 is 0. The van der Waals surface area contributed by atoms with Gasteiger partial charge in [-0.1, -0.05) is 292 Å². The lowest BCUT2D eigenvalue weighted by atomic mass is 9.24. The summed E-state index contributed by atoms with van der Waals surface area (Å²) in [5.41, 5.74) is 18.2. The number of aryl methyl sites for hydroxylation is 3. The van der Waals surface area contributed by atoms with Crippen molar-refractivity contribution >= 4 is 28.7 Å². The molecule has 1 saturated carbocycles. The van der Waals surface area contributed by atoms with Gasteiger partial charge >= 0.3 is 0 Å². The first kappa shape index (κ1) is 57.8. The average molecular weight is 1260 g/mol. The Bertz CT molecular complexity index is 5030. The lowest BCUT2D eigenvalue weighted by Gasteiger charge is -2.76. The molecule has 11 aliphatic rings. The first-order chi connectivity index (χ1) is 48.0. The number of hydrogen-bond donors (Lipinski definition) is 0. The van der Waals surface area contributed by atoms with E-state index < -0.39 is 33.2 Å². The summed E-state index contributed by atoms with van der Waals surface area (Å²) in [4.78, 5) is 20.9. The molecular weight excluding hydrogens is 1170 g/mol. The van der Waals surface area contributed by atoms with Crippen molar-refractivity contribution in [2.75, 3.05) is 0 Å². The molecular formula is C95H82O2. The highest BCUT2D eigenvalue weighted by Gasteiger charge is 2.91. The van der Waals surface area contributed by atoms with Crippen LogP contribution in [0.5, 0.6) is 0 Å². The lowest BCUT2D eigenvalue weighted by molar-refractivity contribution is -0.164. The third-order valence-electron chi connectivity index (χ3n) is 26.7. The fourth-order valence-electron chi connectivity index (χ4n) is 23.6. The third kappa shape index (κ3) is 7.61. The van der Waals surface area contributed by atoms with Crippen LogP contribution in [0.15, 0.2) is 296 Å². The molecule has 1 saturated heterocycles. The Labute approximate surface area is 572 Å². The molecule has 2 fully saturated rings. The van der Waals surface area contributed by atoms with E-state index in [2.05, 4.69) is 285 Å². The van der Waals surface area contributed by atoms with E-state index in [0.29, 0.717) is 12.2 Å². The highest BCUT2D eigenvalue weighted by atomic mass is 16.5. The maximum atomic E-state index is 20.9. The Kier molecular flexibility index (Phi) is 13.2. The number of hydrogen-bond acceptors (Lipinski definition) is 2. The van der Waals surface area contributed by atoms with Crippen LogP contribution in [-0.4, -0.2) is 11.4 Å². The summed E-state index contributed by atoms with van der Waals surface area (Å²) < 4.78 is 9.72. The number of Topliss-reactive ketones (excluding diaryl/α,β-unsaturated/α-hetero) is 1. The molecule has 474 valence electrons. The monoisotopic (exact) mass is 1250 g/mol. The van der Waals surface area contributed by atoms with Crippen LogP contribution in [0.25, 0.3) is 22.9 Å². The van der Waals surface area contributed by atoms with E-state index in [-0.39, 0.29) is 35.5 Å². The lowest BCUT2D eigenvalue weighted by Crippen LogP contribution is -2.77. The fraction of sp³-hybridized carbons (Fsp3) is 0.274. The quantitative estimate of drug-likeness (QED) is 0.128. The Balaban J connectivity index is 1.13.